The van der Waals surface area contributed by atoms with Gasteiger partial charge in [-0.3, -0.25) is 0 Å². The molecule has 0 amide bonds. The van der Waals surface area contributed by atoms with Gasteiger partial charge in [0, 0.05) is 30.3 Å². The van der Waals surface area contributed by atoms with E-state index in [9.17, 15) is 46.0 Å². The second kappa shape index (κ2) is 5.99. The van der Waals surface area contributed by atoms with Crippen molar-refractivity contribution in [2.24, 2.45) is 0 Å². The topological polar surface area (TPSA) is 182 Å². The van der Waals surface area contributed by atoms with E-state index in [1.807, 2.05) is 0 Å². The van der Waals surface area contributed by atoms with Crippen LogP contribution in [0, 0.1) is 0 Å². The van der Waals surface area contributed by atoms with Crippen molar-refractivity contribution >= 4 is 0 Å². The maximum atomic E-state index is 10.6. The molecule has 3 rings (SSSR count). The second-order valence-electron chi connectivity index (χ2n) is 5.73. The van der Waals surface area contributed by atoms with Crippen LogP contribution < -0.4 is 0 Å². The molecular weight excluding hydrogens is 360 g/mol. The minimum absolute atomic E-state index is 0.471. The molecular formula is C18H14O9. The largest absolute Gasteiger partial charge is 0.508 e. The van der Waals surface area contributed by atoms with Crippen molar-refractivity contribution in [3.63, 3.8) is 0 Å². The van der Waals surface area contributed by atoms with Crippen LogP contribution in [0.15, 0.2) is 30.3 Å². The highest BCUT2D eigenvalue weighted by atomic mass is 16.3. The SMILES string of the molecule is Oc1cc(O)c(-c2c(O)cc(O)c(-c3c(O)cc(O)cc3O)c2O)c(O)c1. The van der Waals surface area contributed by atoms with Gasteiger partial charge in [-0.1, -0.05) is 0 Å². The highest BCUT2D eigenvalue weighted by Gasteiger charge is 2.27. The van der Waals surface area contributed by atoms with Crippen LogP contribution in [0.1, 0.15) is 0 Å². The number of hydrogen-bond acceptors (Lipinski definition) is 9. The van der Waals surface area contributed by atoms with Crippen molar-refractivity contribution in [2.45, 2.75) is 0 Å². The lowest BCUT2D eigenvalue weighted by atomic mass is 9.93. The molecule has 3 aromatic rings. The van der Waals surface area contributed by atoms with Crippen molar-refractivity contribution in [1.29, 1.82) is 0 Å². The first-order valence-corrected chi connectivity index (χ1v) is 7.40. The van der Waals surface area contributed by atoms with Gasteiger partial charge >= 0.3 is 0 Å². The average molecular weight is 374 g/mol. The van der Waals surface area contributed by atoms with E-state index in [0.29, 0.717) is 0 Å². The molecule has 0 bridgehead atoms. The number of phenolic OH excluding ortho intramolecular Hbond substituents is 9. The van der Waals surface area contributed by atoms with Crippen molar-refractivity contribution < 1.29 is 46.0 Å². The second-order valence-corrected chi connectivity index (χ2v) is 5.73. The monoisotopic (exact) mass is 374 g/mol. The van der Waals surface area contributed by atoms with Crippen LogP contribution >= 0.6 is 0 Å². The maximum absolute atomic E-state index is 10.6. The van der Waals surface area contributed by atoms with Gasteiger partial charge in [-0.2, -0.15) is 0 Å². The summed E-state index contributed by atoms with van der Waals surface area (Å²) in [7, 11) is 0. The van der Waals surface area contributed by atoms with Gasteiger partial charge in [0.1, 0.15) is 51.7 Å². The Bertz CT molecular complexity index is 945. The summed E-state index contributed by atoms with van der Waals surface area (Å²) in [5.74, 6) is -6.17. The first-order chi connectivity index (χ1) is 12.6. The Labute approximate surface area is 151 Å². The van der Waals surface area contributed by atoms with Crippen LogP contribution in [0.4, 0.5) is 0 Å². The fourth-order valence-corrected chi connectivity index (χ4v) is 2.84. The number of phenols is 9. The first-order valence-electron chi connectivity index (χ1n) is 7.40. The van der Waals surface area contributed by atoms with Crippen LogP contribution in [0.25, 0.3) is 22.3 Å². The van der Waals surface area contributed by atoms with Gasteiger partial charge in [-0.15, -0.1) is 0 Å². The fraction of sp³-hybridized carbons (Fsp3) is 0. The lowest BCUT2D eigenvalue weighted by molar-refractivity contribution is 0.416. The van der Waals surface area contributed by atoms with E-state index in [4.69, 9.17) is 0 Å². The third-order valence-corrected chi connectivity index (χ3v) is 3.92. The fourth-order valence-electron chi connectivity index (χ4n) is 2.84. The highest BCUT2D eigenvalue weighted by molar-refractivity contribution is 5.96. The molecule has 0 aliphatic carbocycles. The van der Waals surface area contributed by atoms with E-state index >= 15 is 0 Å². The molecule has 0 fully saturated rings. The maximum Gasteiger partial charge on any atom is 0.139 e. The molecule has 0 atom stereocenters. The van der Waals surface area contributed by atoms with Crippen LogP contribution in [0.2, 0.25) is 0 Å². The molecule has 0 aliphatic heterocycles. The molecule has 0 aliphatic rings. The Morgan fingerprint density at radius 1 is 0.333 bits per heavy atom. The standard InChI is InChI=1S/C18H14O9/c19-6-1-8(21)14(9(22)2-6)16-12(25)5-13(26)17(18(16)27)15-10(23)3-7(20)4-11(15)24/h1-5,19-27H. The van der Waals surface area contributed by atoms with Crippen LogP contribution in [-0.2, 0) is 0 Å². The molecule has 0 aromatic heterocycles. The van der Waals surface area contributed by atoms with E-state index in [0.717, 1.165) is 30.3 Å². The first kappa shape index (κ1) is 17.7. The zero-order valence-electron chi connectivity index (χ0n) is 13.4. The van der Waals surface area contributed by atoms with E-state index < -0.39 is 74.0 Å². The Kier molecular flexibility index (Phi) is 3.92. The van der Waals surface area contributed by atoms with Crippen molar-refractivity contribution in [3.05, 3.63) is 30.3 Å². The summed E-state index contributed by atoms with van der Waals surface area (Å²) in [5.41, 5.74) is -2.02. The molecule has 0 saturated carbocycles. The minimum Gasteiger partial charge on any atom is -0.508 e. The summed E-state index contributed by atoms with van der Waals surface area (Å²) >= 11 is 0. The van der Waals surface area contributed by atoms with Crippen molar-refractivity contribution in [1.82, 2.24) is 0 Å². The van der Waals surface area contributed by atoms with E-state index in [2.05, 4.69) is 0 Å². The van der Waals surface area contributed by atoms with Gasteiger partial charge in [-0.05, 0) is 0 Å². The molecule has 0 saturated heterocycles. The molecule has 0 radical (unpaired) electrons. The zero-order valence-corrected chi connectivity index (χ0v) is 13.4. The van der Waals surface area contributed by atoms with Crippen LogP contribution in [-0.4, -0.2) is 46.0 Å². The third kappa shape index (κ3) is 2.76. The predicted molar refractivity (Wildman–Crippen MR) is 92.3 cm³/mol. The smallest absolute Gasteiger partial charge is 0.139 e. The van der Waals surface area contributed by atoms with Gasteiger partial charge in [-0.25, -0.2) is 0 Å². The Balaban J connectivity index is 2.41. The van der Waals surface area contributed by atoms with Crippen molar-refractivity contribution in [3.8, 4) is 74.0 Å². The number of benzene rings is 3. The molecule has 3 aromatic carbocycles. The molecule has 140 valence electrons. The summed E-state index contributed by atoms with van der Waals surface area (Å²) in [6.45, 7) is 0. The van der Waals surface area contributed by atoms with Crippen LogP contribution in [0.5, 0.6) is 51.7 Å². The Morgan fingerprint density at radius 3 is 0.889 bits per heavy atom. The summed E-state index contributed by atoms with van der Waals surface area (Å²) in [4.78, 5) is 0. The summed E-state index contributed by atoms with van der Waals surface area (Å²) in [6.07, 6.45) is 0. The normalized spacial score (nSPS) is 10.8. The van der Waals surface area contributed by atoms with Gasteiger partial charge in [0.25, 0.3) is 0 Å². The molecule has 27 heavy (non-hydrogen) atoms. The van der Waals surface area contributed by atoms with E-state index in [1.54, 1.807) is 0 Å². The average Bonchev–Trinajstić information content (AvgIpc) is 2.51. The predicted octanol–water partition coefficient (Wildman–Crippen LogP) is 2.37. The van der Waals surface area contributed by atoms with Crippen LogP contribution in [0.3, 0.4) is 0 Å². The summed E-state index contributed by atoms with van der Waals surface area (Å²) in [5, 5.41) is 89.7. The summed E-state index contributed by atoms with van der Waals surface area (Å²) in [6, 6.07) is 4.12. The molecule has 9 heteroatoms. The van der Waals surface area contributed by atoms with E-state index in [1.165, 1.54) is 0 Å². The van der Waals surface area contributed by atoms with Gasteiger partial charge < -0.3 is 46.0 Å². The van der Waals surface area contributed by atoms with Gasteiger partial charge in [0.05, 0.1) is 22.3 Å². The molecule has 9 N–H and O–H groups in total. The Morgan fingerprint density at radius 2 is 0.593 bits per heavy atom. The Hall–Kier alpha value is -4.14. The quantitative estimate of drug-likeness (QED) is 0.325. The number of rotatable bonds is 2. The zero-order chi connectivity index (χ0) is 20.0. The van der Waals surface area contributed by atoms with E-state index in [-0.39, 0.29) is 0 Å². The number of aromatic hydroxyl groups is 9. The highest BCUT2D eigenvalue weighted by Crippen LogP contribution is 2.56. The molecule has 9 nitrogen and oxygen atoms in total. The summed E-state index contributed by atoms with van der Waals surface area (Å²) < 4.78 is 0. The molecule has 0 unspecified atom stereocenters. The van der Waals surface area contributed by atoms with Gasteiger partial charge in [0.2, 0.25) is 0 Å². The minimum atomic E-state index is -0.903. The molecule has 0 spiro atoms. The third-order valence-electron chi connectivity index (χ3n) is 3.92. The lowest BCUT2D eigenvalue weighted by Crippen LogP contribution is -1.90. The number of hydrogen-bond donors (Lipinski definition) is 9. The molecule has 0 heterocycles. The van der Waals surface area contributed by atoms with Crippen molar-refractivity contribution in [2.75, 3.05) is 0 Å². The lowest BCUT2D eigenvalue weighted by Gasteiger charge is -2.17. The van der Waals surface area contributed by atoms with Gasteiger partial charge in [0.15, 0.2) is 0 Å².